The molecule has 0 aromatic carbocycles. The fraction of sp³-hybridized carbons (Fsp3) is 0.556. The second-order valence-corrected chi connectivity index (χ2v) is 3.25. The zero-order valence-corrected chi connectivity index (χ0v) is 8.37. The van der Waals surface area contributed by atoms with Crippen LogP contribution < -0.4 is 0 Å². The Morgan fingerprint density at radius 3 is 2.23 bits per heavy atom. The molecule has 0 atom stereocenters. The van der Waals surface area contributed by atoms with Gasteiger partial charge in [0.05, 0.1) is 11.4 Å². The average Bonchev–Trinajstić information content (AvgIpc) is 2.17. The normalized spacial score (nSPS) is 10.3. The highest BCUT2D eigenvalue weighted by Gasteiger charge is 1.96. The van der Waals surface area contributed by atoms with E-state index in [-0.39, 0.29) is 6.61 Å². The Hall–Kier alpha value is -0.610. The molecule has 0 aliphatic carbocycles. The summed E-state index contributed by atoms with van der Waals surface area (Å²) >= 11 is 4.12. The van der Waals surface area contributed by atoms with Gasteiger partial charge in [-0.05, 0) is 18.6 Å². The number of aliphatic hydroxyl groups excluding tert-OH is 1. The lowest BCUT2D eigenvalue weighted by Gasteiger charge is -1.99. The number of aromatic nitrogens is 2. The van der Waals surface area contributed by atoms with Crippen molar-refractivity contribution < 1.29 is 5.11 Å². The molecule has 13 heavy (non-hydrogen) atoms. The SMILES string of the molecule is OCCc1cnc(CCCS)cn1. The summed E-state index contributed by atoms with van der Waals surface area (Å²) in [5.41, 5.74) is 1.84. The third-order valence-electron chi connectivity index (χ3n) is 1.72. The molecule has 0 bridgehead atoms. The van der Waals surface area contributed by atoms with Gasteiger partial charge in [-0.25, -0.2) is 0 Å². The predicted molar refractivity (Wildman–Crippen MR) is 55.0 cm³/mol. The van der Waals surface area contributed by atoms with Crippen LogP contribution in [-0.2, 0) is 12.8 Å². The first kappa shape index (κ1) is 10.5. The van der Waals surface area contributed by atoms with Crippen molar-refractivity contribution in [3.63, 3.8) is 0 Å². The fourth-order valence-corrected chi connectivity index (χ4v) is 1.17. The minimum Gasteiger partial charge on any atom is -0.396 e. The first-order chi connectivity index (χ1) is 6.36. The quantitative estimate of drug-likeness (QED) is 0.690. The van der Waals surface area contributed by atoms with Crippen LogP contribution in [0.25, 0.3) is 0 Å². The second-order valence-electron chi connectivity index (χ2n) is 2.80. The van der Waals surface area contributed by atoms with Crippen LogP contribution in [0.1, 0.15) is 17.8 Å². The first-order valence-electron chi connectivity index (χ1n) is 4.38. The minimum absolute atomic E-state index is 0.130. The molecule has 0 aliphatic rings. The molecule has 0 aliphatic heterocycles. The number of rotatable bonds is 5. The Labute approximate surface area is 83.6 Å². The van der Waals surface area contributed by atoms with Gasteiger partial charge in [0.2, 0.25) is 0 Å². The van der Waals surface area contributed by atoms with E-state index in [0.717, 1.165) is 30.0 Å². The van der Waals surface area contributed by atoms with Crippen molar-refractivity contribution in [1.82, 2.24) is 9.97 Å². The molecule has 0 radical (unpaired) electrons. The third kappa shape index (κ3) is 3.74. The van der Waals surface area contributed by atoms with Crippen LogP contribution in [0.3, 0.4) is 0 Å². The molecule has 1 aromatic heterocycles. The van der Waals surface area contributed by atoms with E-state index in [9.17, 15) is 0 Å². The third-order valence-corrected chi connectivity index (χ3v) is 2.03. The maximum atomic E-state index is 8.65. The van der Waals surface area contributed by atoms with E-state index in [0.29, 0.717) is 6.42 Å². The summed E-state index contributed by atoms with van der Waals surface area (Å²) in [6, 6.07) is 0. The molecule has 1 aromatic rings. The lowest BCUT2D eigenvalue weighted by atomic mass is 10.2. The lowest BCUT2D eigenvalue weighted by molar-refractivity contribution is 0.298. The Kier molecular flexibility index (Phi) is 4.78. The van der Waals surface area contributed by atoms with Gasteiger partial charge in [0.1, 0.15) is 0 Å². The van der Waals surface area contributed by atoms with Crippen LogP contribution in [0.5, 0.6) is 0 Å². The standard InChI is InChI=1S/C9H14N2OS/c12-4-3-9-7-10-8(6-11-9)2-1-5-13/h6-7,12-13H,1-5H2. The van der Waals surface area contributed by atoms with E-state index in [2.05, 4.69) is 22.6 Å². The number of thiol groups is 1. The van der Waals surface area contributed by atoms with E-state index in [1.54, 1.807) is 12.4 Å². The molecular formula is C9H14N2OS. The number of nitrogens with zero attached hydrogens (tertiary/aromatic N) is 2. The van der Waals surface area contributed by atoms with Crippen LogP contribution >= 0.6 is 12.6 Å². The van der Waals surface area contributed by atoms with Crippen molar-refractivity contribution in [2.75, 3.05) is 12.4 Å². The summed E-state index contributed by atoms with van der Waals surface area (Å²) < 4.78 is 0. The van der Waals surface area contributed by atoms with E-state index in [1.807, 2.05) is 0 Å². The van der Waals surface area contributed by atoms with Gasteiger partial charge >= 0.3 is 0 Å². The Morgan fingerprint density at radius 2 is 1.77 bits per heavy atom. The molecule has 0 amide bonds. The summed E-state index contributed by atoms with van der Waals surface area (Å²) in [5, 5.41) is 8.65. The van der Waals surface area contributed by atoms with E-state index in [1.165, 1.54) is 0 Å². The van der Waals surface area contributed by atoms with Gasteiger partial charge in [-0.3, -0.25) is 9.97 Å². The zero-order chi connectivity index (χ0) is 9.52. The number of hydrogen-bond acceptors (Lipinski definition) is 4. The van der Waals surface area contributed by atoms with Crippen LogP contribution in [-0.4, -0.2) is 27.4 Å². The molecule has 0 spiro atoms. The monoisotopic (exact) mass is 198 g/mol. The van der Waals surface area contributed by atoms with Gasteiger partial charge in [0, 0.05) is 25.4 Å². The molecule has 0 saturated heterocycles. The molecule has 72 valence electrons. The summed E-state index contributed by atoms with van der Waals surface area (Å²) in [6.45, 7) is 0.130. The molecule has 0 fully saturated rings. The maximum absolute atomic E-state index is 8.65. The van der Waals surface area contributed by atoms with Crippen molar-refractivity contribution in [3.8, 4) is 0 Å². The molecule has 1 N–H and O–H groups in total. The van der Waals surface area contributed by atoms with Crippen LogP contribution in [0.2, 0.25) is 0 Å². The lowest BCUT2D eigenvalue weighted by Crippen LogP contribution is -1.98. The number of hydrogen-bond donors (Lipinski definition) is 2. The van der Waals surface area contributed by atoms with Gasteiger partial charge in [-0.15, -0.1) is 0 Å². The highest BCUT2D eigenvalue weighted by molar-refractivity contribution is 7.80. The van der Waals surface area contributed by atoms with Gasteiger partial charge in [0.15, 0.2) is 0 Å². The Balaban J connectivity index is 2.48. The largest absolute Gasteiger partial charge is 0.396 e. The number of aliphatic hydroxyl groups is 1. The summed E-state index contributed by atoms with van der Waals surface area (Å²) in [6.07, 6.45) is 6.03. The molecule has 0 saturated carbocycles. The molecule has 1 heterocycles. The summed E-state index contributed by atoms with van der Waals surface area (Å²) in [4.78, 5) is 8.40. The van der Waals surface area contributed by atoms with Gasteiger partial charge in [-0.2, -0.15) is 12.6 Å². The molecule has 0 unspecified atom stereocenters. The zero-order valence-electron chi connectivity index (χ0n) is 7.48. The van der Waals surface area contributed by atoms with Crippen molar-refractivity contribution in [2.24, 2.45) is 0 Å². The second kappa shape index (κ2) is 5.94. The van der Waals surface area contributed by atoms with Crippen LogP contribution in [0, 0.1) is 0 Å². The Bertz CT molecular complexity index is 238. The minimum atomic E-state index is 0.130. The smallest absolute Gasteiger partial charge is 0.0609 e. The molecular weight excluding hydrogens is 184 g/mol. The first-order valence-corrected chi connectivity index (χ1v) is 5.01. The van der Waals surface area contributed by atoms with E-state index < -0.39 is 0 Å². The van der Waals surface area contributed by atoms with Crippen molar-refractivity contribution >= 4 is 12.6 Å². The van der Waals surface area contributed by atoms with Gasteiger partial charge in [-0.1, -0.05) is 0 Å². The van der Waals surface area contributed by atoms with Crippen LogP contribution in [0.15, 0.2) is 12.4 Å². The van der Waals surface area contributed by atoms with Gasteiger partial charge < -0.3 is 5.11 Å². The average molecular weight is 198 g/mol. The van der Waals surface area contributed by atoms with Gasteiger partial charge in [0.25, 0.3) is 0 Å². The van der Waals surface area contributed by atoms with E-state index >= 15 is 0 Å². The summed E-state index contributed by atoms with van der Waals surface area (Å²) in [7, 11) is 0. The van der Waals surface area contributed by atoms with E-state index in [4.69, 9.17) is 5.11 Å². The van der Waals surface area contributed by atoms with Crippen LogP contribution in [0.4, 0.5) is 0 Å². The summed E-state index contributed by atoms with van der Waals surface area (Å²) in [5.74, 6) is 0.875. The molecule has 4 heteroatoms. The fourth-order valence-electron chi connectivity index (χ4n) is 1.01. The molecule has 3 nitrogen and oxygen atoms in total. The maximum Gasteiger partial charge on any atom is 0.0609 e. The highest BCUT2D eigenvalue weighted by atomic mass is 32.1. The van der Waals surface area contributed by atoms with Crippen molar-refractivity contribution in [3.05, 3.63) is 23.8 Å². The van der Waals surface area contributed by atoms with Crippen molar-refractivity contribution in [2.45, 2.75) is 19.3 Å². The highest BCUT2D eigenvalue weighted by Crippen LogP contribution is 2.00. The number of aryl methyl sites for hydroxylation is 1. The topological polar surface area (TPSA) is 46.0 Å². The predicted octanol–water partition coefficient (Wildman–Crippen LogP) is 0.874. The molecule has 1 rings (SSSR count). The van der Waals surface area contributed by atoms with Crippen molar-refractivity contribution in [1.29, 1.82) is 0 Å². The Morgan fingerprint density at radius 1 is 1.15 bits per heavy atom.